The summed E-state index contributed by atoms with van der Waals surface area (Å²) in [5.41, 5.74) is 0. The molecule has 0 amide bonds. The van der Waals surface area contributed by atoms with E-state index in [-0.39, 0.29) is 6.10 Å². The number of nitrogens with zero attached hydrogens (tertiary/aromatic N) is 2. The molecule has 0 aliphatic carbocycles. The molecule has 0 spiro atoms. The number of rotatable bonds is 4. The Bertz CT molecular complexity index is 260. The van der Waals surface area contributed by atoms with Gasteiger partial charge in [0.2, 0.25) is 0 Å². The van der Waals surface area contributed by atoms with Gasteiger partial charge in [0.25, 0.3) is 0 Å². The number of aryl methyl sites for hydroxylation is 1. The Hall–Kier alpha value is -0.870. The lowest BCUT2D eigenvalue weighted by atomic mass is 10.2. The van der Waals surface area contributed by atoms with E-state index in [1.807, 2.05) is 20.9 Å². The van der Waals surface area contributed by atoms with E-state index in [4.69, 9.17) is 4.74 Å². The van der Waals surface area contributed by atoms with Gasteiger partial charge in [0.05, 0.1) is 6.10 Å². The lowest BCUT2D eigenvalue weighted by Gasteiger charge is -2.18. The zero-order chi connectivity index (χ0) is 9.84. The molecule has 13 heavy (non-hydrogen) atoms. The largest absolute Gasteiger partial charge is 0.382 e. The first-order valence-electron chi connectivity index (χ1n) is 4.43. The highest BCUT2D eigenvalue weighted by Crippen LogP contribution is 2.16. The van der Waals surface area contributed by atoms with Crippen molar-refractivity contribution in [3.05, 3.63) is 18.2 Å². The molecule has 4 nitrogen and oxygen atoms in total. The molecule has 1 rings (SSSR count). The van der Waals surface area contributed by atoms with Crippen molar-refractivity contribution >= 4 is 0 Å². The van der Waals surface area contributed by atoms with Crippen LogP contribution in [0.2, 0.25) is 0 Å². The van der Waals surface area contributed by atoms with Crippen molar-refractivity contribution in [1.29, 1.82) is 0 Å². The van der Waals surface area contributed by atoms with Gasteiger partial charge in [-0.05, 0) is 13.8 Å². The quantitative estimate of drug-likeness (QED) is 0.755. The summed E-state index contributed by atoms with van der Waals surface area (Å²) in [5.74, 6) is 0.640. The Balaban J connectivity index is 2.67. The zero-order valence-electron chi connectivity index (χ0n) is 8.27. The Morgan fingerprint density at radius 3 is 2.85 bits per heavy atom. The van der Waals surface area contributed by atoms with E-state index in [9.17, 15) is 5.11 Å². The lowest BCUT2D eigenvalue weighted by Crippen LogP contribution is -2.21. The van der Waals surface area contributed by atoms with Crippen LogP contribution in [-0.2, 0) is 11.8 Å². The van der Waals surface area contributed by atoms with E-state index in [0.717, 1.165) is 0 Å². The third-order valence-electron chi connectivity index (χ3n) is 2.00. The Morgan fingerprint density at radius 1 is 1.69 bits per heavy atom. The van der Waals surface area contributed by atoms with Gasteiger partial charge >= 0.3 is 0 Å². The van der Waals surface area contributed by atoms with Gasteiger partial charge in [-0.3, -0.25) is 0 Å². The van der Waals surface area contributed by atoms with E-state index >= 15 is 0 Å². The lowest BCUT2D eigenvalue weighted by molar-refractivity contribution is -0.0277. The molecule has 1 N–H and O–H groups in total. The highest BCUT2D eigenvalue weighted by molar-refractivity contribution is 4.97. The van der Waals surface area contributed by atoms with Crippen LogP contribution in [-0.4, -0.2) is 27.4 Å². The summed E-state index contributed by atoms with van der Waals surface area (Å²) >= 11 is 0. The van der Waals surface area contributed by atoms with Crippen LogP contribution in [0.3, 0.4) is 0 Å². The van der Waals surface area contributed by atoms with Crippen molar-refractivity contribution in [2.75, 3.05) is 6.61 Å². The molecule has 74 valence electrons. The molecule has 0 aliphatic rings. The molecule has 0 radical (unpaired) electrons. The van der Waals surface area contributed by atoms with Crippen LogP contribution in [0.1, 0.15) is 25.8 Å². The molecule has 2 unspecified atom stereocenters. The van der Waals surface area contributed by atoms with Crippen molar-refractivity contribution in [3.8, 4) is 0 Å². The fraction of sp³-hybridized carbons (Fsp3) is 0.667. The van der Waals surface area contributed by atoms with E-state index in [1.54, 1.807) is 17.0 Å². The van der Waals surface area contributed by atoms with Crippen LogP contribution >= 0.6 is 0 Å². The molecule has 4 heteroatoms. The van der Waals surface area contributed by atoms with Gasteiger partial charge in [-0.25, -0.2) is 4.98 Å². The standard InChI is InChI=1S/C9H16N2O2/c1-4-13-7(2)8(12)9-10-5-6-11(9)3/h5-8,12H,4H2,1-3H3. The van der Waals surface area contributed by atoms with Crippen molar-refractivity contribution in [2.24, 2.45) is 7.05 Å². The number of aliphatic hydroxyl groups is 1. The topological polar surface area (TPSA) is 47.3 Å². The predicted molar refractivity (Wildman–Crippen MR) is 49.3 cm³/mol. The first-order chi connectivity index (χ1) is 6.16. The minimum atomic E-state index is -0.653. The molecular formula is C9H16N2O2. The van der Waals surface area contributed by atoms with Crippen LogP contribution in [0, 0.1) is 0 Å². The minimum absolute atomic E-state index is 0.217. The van der Waals surface area contributed by atoms with E-state index < -0.39 is 6.10 Å². The molecule has 1 aromatic heterocycles. The van der Waals surface area contributed by atoms with Crippen LogP contribution in [0.4, 0.5) is 0 Å². The molecule has 0 saturated heterocycles. The predicted octanol–water partition coefficient (Wildman–Crippen LogP) is 0.879. The van der Waals surface area contributed by atoms with Gasteiger partial charge < -0.3 is 14.4 Å². The van der Waals surface area contributed by atoms with E-state index in [2.05, 4.69) is 4.98 Å². The minimum Gasteiger partial charge on any atom is -0.382 e. The first kappa shape index (κ1) is 10.2. The molecule has 0 aromatic carbocycles. The van der Waals surface area contributed by atoms with Crippen molar-refractivity contribution in [2.45, 2.75) is 26.1 Å². The van der Waals surface area contributed by atoms with Gasteiger partial charge in [-0.2, -0.15) is 0 Å². The average Bonchev–Trinajstić information content (AvgIpc) is 2.50. The van der Waals surface area contributed by atoms with Gasteiger partial charge in [0, 0.05) is 26.0 Å². The highest BCUT2D eigenvalue weighted by atomic mass is 16.5. The summed E-state index contributed by atoms with van der Waals surface area (Å²) in [5, 5.41) is 9.78. The maximum atomic E-state index is 9.78. The van der Waals surface area contributed by atoms with Crippen LogP contribution in [0.25, 0.3) is 0 Å². The maximum Gasteiger partial charge on any atom is 0.140 e. The van der Waals surface area contributed by atoms with Gasteiger partial charge in [0.15, 0.2) is 0 Å². The number of aliphatic hydroxyl groups excluding tert-OH is 1. The van der Waals surface area contributed by atoms with Gasteiger partial charge in [0.1, 0.15) is 11.9 Å². The SMILES string of the molecule is CCOC(C)C(O)c1nccn1C. The van der Waals surface area contributed by atoms with Crippen LogP contribution < -0.4 is 0 Å². The van der Waals surface area contributed by atoms with Crippen molar-refractivity contribution in [1.82, 2.24) is 9.55 Å². The second kappa shape index (κ2) is 4.39. The Kier molecular flexibility index (Phi) is 3.45. The smallest absolute Gasteiger partial charge is 0.140 e. The molecule has 0 bridgehead atoms. The monoisotopic (exact) mass is 184 g/mol. The first-order valence-corrected chi connectivity index (χ1v) is 4.43. The maximum absolute atomic E-state index is 9.78. The third-order valence-corrected chi connectivity index (χ3v) is 2.00. The van der Waals surface area contributed by atoms with E-state index in [0.29, 0.717) is 12.4 Å². The second-order valence-electron chi connectivity index (χ2n) is 3.00. The zero-order valence-corrected chi connectivity index (χ0v) is 8.27. The Morgan fingerprint density at radius 2 is 2.38 bits per heavy atom. The number of hydrogen-bond acceptors (Lipinski definition) is 3. The number of aromatic nitrogens is 2. The number of hydrogen-bond donors (Lipinski definition) is 1. The second-order valence-corrected chi connectivity index (χ2v) is 3.00. The molecule has 0 saturated carbocycles. The molecular weight excluding hydrogens is 168 g/mol. The van der Waals surface area contributed by atoms with Crippen LogP contribution in [0.15, 0.2) is 12.4 Å². The summed E-state index contributed by atoms with van der Waals surface area (Å²) in [6.07, 6.45) is 2.60. The van der Waals surface area contributed by atoms with Crippen molar-refractivity contribution < 1.29 is 9.84 Å². The Labute approximate surface area is 78.2 Å². The summed E-state index contributed by atoms with van der Waals surface area (Å²) < 4.78 is 7.07. The van der Waals surface area contributed by atoms with Gasteiger partial charge in [-0.1, -0.05) is 0 Å². The van der Waals surface area contributed by atoms with E-state index in [1.165, 1.54) is 0 Å². The van der Waals surface area contributed by atoms with Crippen LogP contribution in [0.5, 0.6) is 0 Å². The third kappa shape index (κ3) is 2.29. The molecule has 2 atom stereocenters. The summed E-state index contributed by atoms with van der Waals surface area (Å²) in [4.78, 5) is 4.05. The fourth-order valence-electron chi connectivity index (χ4n) is 1.23. The summed E-state index contributed by atoms with van der Waals surface area (Å²) in [7, 11) is 1.85. The van der Waals surface area contributed by atoms with Gasteiger partial charge in [-0.15, -0.1) is 0 Å². The molecule has 0 fully saturated rings. The average molecular weight is 184 g/mol. The fourth-order valence-corrected chi connectivity index (χ4v) is 1.23. The number of ether oxygens (including phenoxy) is 1. The molecule has 0 aliphatic heterocycles. The number of imidazole rings is 1. The summed E-state index contributed by atoms with van der Waals surface area (Å²) in [6.45, 7) is 4.34. The summed E-state index contributed by atoms with van der Waals surface area (Å²) in [6, 6.07) is 0. The molecule has 1 heterocycles. The normalized spacial score (nSPS) is 15.7. The highest BCUT2D eigenvalue weighted by Gasteiger charge is 2.19. The van der Waals surface area contributed by atoms with Crippen molar-refractivity contribution in [3.63, 3.8) is 0 Å². The molecule has 1 aromatic rings.